The molecule has 1 N–H and O–H groups in total. The Balaban J connectivity index is 0.00000132. The van der Waals surface area contributed by atoms with Gasteiger partial charge in [0.15, 0.2) is 0 Å². The summed E-state index contributed by atoms with van der Waals surface area (Å²) in [5, 5.41) is 3.83. The highest BCUT2D eigenvalue weighted by Gasteiger charge is 2.50. The first kappa shape index (κ1) is 21.9. The molecule has 0 saturated heterocycles. The van der Waals surface area contributed by atoms with Gasteiger partial charge in [-0.2, -0.15) is 0 Å². The van der Waals surface area contributed by atoms with Gasteiger partial charge in [-0.25, -0.2) is 0 Å². The maximum Gasteiger partial charge on any atom is 0.0780 e. The molecule has 4 fully saturated rings. The number of quaternary nitrogens is 1. The summed E-state index contributed by atoms with van der Waals surface area (Å²) in [5.74, 6) is 3.30. The summed E-state index contributed by atoms with van der Waals surface area (Å²) in [5.41, 5.74) is 0.719. The van der Waals surface area contributed by atoms with Gasteiger partial charge in [0.2, 0.25) is 0 Å². The van der Waals surface area contributed by atoms with Crippen LogP contribution in [0.2, 0.25) is 0 Å². The van der Waals surface area contributed by atoms with Crippen molar-refractivity contribution in [3.63, 3.8) is 0 Å². The van der Waals surface area contributed by atoms with Gasteiger partial charge in [-0.15, -0.1) is 17.0 Å². The molecule has 0 heterocycles. The van der Waals surface area contributed by atoms with Crippen molar-refractivity contribution in [2.24, 2.45) is 23.2 Å². The Labute approximate surface area is 165 Å². The molecule has 4 heteroatoms. The summed E-state index contributed by atoms with van der Waals surface area (Å²) < 4.78 is 1.11. The molecule has 0 radical (unpaired) electrons. The SMILES string of the molecule is Br.C[N+](C)(C)CCCCCNCC12CC3CC(CC(C3)C1)C2.[Br-]. The van der Waals surface area contributed by atoms with Gasteiger partial charge in [-0.05, 0) is 87.5 Å². The average molecular weight is 454 g/mol. The standard InChI is InChI=1S/C19H37N2.2BrH/c1-21(2,3)8-6-4-5-7-20-15-19-12-16-9-17(13-19)11-18(10-16)14-19;;/h16-18,20H,4-15H2,1-3H3;2*1H/q+1;;/p-1. The fourth-order valence-corrected chi connectivity index (χ4v) is 5.87. The van der Waals surface area contributed by atoms with Gasteiger partial charge in [0.05, 0.1) is 27.7 Å². The molecule has 4 rings (SSSR count). The monoisotopic (exact) mass is 452 g/mol. The summed E-state index contributed by atoms with van der Waals surface area (Å²) in [7, 11) is 6.89. The Morgan fingerprint density at radius 2 is 1.39 bits per heavy atom. The molecule has 0 aromatic carbocycles. The Morgan fingerprint density at radius 1 is 0.870 bits per heavy atom. The van der Waals surface area contributed by atoms with E-state index in [2.05, 4.69) is 26.5 Å². The zero-order valence-corrected chi connectivity index (χ0v) is 18.7. The molecular weight excluding hydrogens is 416 g/mol. The summed E-state index contributed by atoms with van der Waals surface area (Å²) in [6, 6.07) is 0. The van der Waals surface area contributed by atoms with E-state index in [9.17, 15) is 0 Å². The Morgan fingerprint density at radius 3 is 1.87 bits per heavy atom. The van der Waals surface area contributed by atoms with Crippen molar-refractivity contribution in [2.75, 3.05) is 40.8 Å². The number of halogens is 2. The summed E-state index contributed by atoms with van der Waals surface area (Å²) in [6.07, 6.45) is 13.5. The maximum absolute atomic E-state index is 3.83. The minimum absolute atomic E-state index is 0. The van der Waals surface area contributed by atoms with Crippen LogP contribution in [0.1, 0.15) is 57.8 Å². The minimum Gasteiger partial charge on any atom is -1.00 e. The highest BCUT2D eigenvalue weighted by Crippen LogP contribution is 2.59. The molecule has 4 aliphatic rings. The summed E-state index contributed by atoms with van der Waals surface area (Å²) in [4.78, 5) is 0. The first-order valence-electron chi connectivity index (χ1n) is 9.45. The quantitative estimate of drug-likeness (QED) is 0.430. The molecule has 0 unspecified atom stereocenters. The number of hydrogen-bond donors (Lipinski definition) is 1. The van der Waals surface area contributed by atoms with Crippen molar-refractivity contribution in [3.8, 4) is 0 Å². The largest absolute Gasteiger partial charge is 1.00 e. The molecule has 0 aromatic heterocycles. The number of unbranched alkanes of at least 4 members (excludes halogenated alkanes) is 2. The topological polar surface area (TPSA) is 12.0 Å². The van der Waals surface area contributed by atoms with Crippen LogP contribution in [0.3, 0.4) is 0 Å². The van der Waals surface area contributed by atoms with Crippen LogP contribution in [0.4, 0.5) is 0 Å². The lowest BCUT2D eigenvalue weighted by Gasteiger charge is -2.57. The number of rotatable bonds is 8. The van der Waals surface area contributed by atoms with Crippen molar-refractivity contribution in [3.05, 3.63) is 0 Å². The third-order valence-electron chi connectivity index (χ3n) is 6.35. The van der Waals surface area contributed by atoms with Gasteiger partial charge >= 0.3 is 0 Å². The van der Waals surface area contributed by atoms with Gasteiger partial charge in [0, 0.05) is 6.54 Å². The van der Waals surface area contributed by atoms with Gasteiger partial charge < -0.3 is 26.8 Å². The van der Waals surface area contributed by atoms with Crippen molar-refractivity contribution >= 4 is 17.0 Å². The average Bonchev–Trinajstić information content (AvgIpc) is 2.34. The van der Waals surface area contributed by atoms with E-state index in [-0.39, 0.29) is 34.0 Å². The van der Waals surface area contributed by atoms with Gasteiger partial charge in [0.1, 0.15) is 0 Å². The molecule has 0 atom stereocenters. The zero-order chi connectivity index (χ0) is 14.9. The van der Waals surface area contributed by atoms with Crippen LogP contribution in [-0.4, -0.2) is 45.3 Å². The maximum atomic E-state index is 3.83. The third-order valence-corrected chi connectivity index (χ3v) is 6.35. The van der Waals surface area contributed by atoms with Crippen LogP contribution in [-0.2, 0) is 0 Å². The molecule has 0 aliphatic heterocycles. The fraction of sp³-hybridized carbons (Fsp3) is 1.00. The van der Waals surface area contributed by atoms with E-state index in [1.54, 1.807) is 38.5 Å². The minimum atomic E-state index is 0. The van der Waals surface area contributed by atoms with E-state index in [0.717, 1.165) is 27.7 Å². The first-order chi connectivity index (χ1) is 9.94. The van der Waals surface area contributed by atoms with Crippen LogP contribution < -0.4 is 22.3 Å². The van der Waals surface area contributed by atoms with E-state index in [0.29, 0.717) is 0 Å². The van der Waals surface area contributed by atoms with Crippen molar-refractivity contribution in [1.82, 2.24) is 5.32 Å². The molecule has 138 valence electrons. The van der Waals surface area contributed by atoms with Crippen molar-refractivity contribution < 1.29 is 21.5 Å². The Kier molecular flexibility index (Phi) is 8.58. The van der Waals surface area contributed by atoms with Crippen LogP contribution in [0.15, 0.2) is 0 Å². The lowest BCUT2D eigenvalue weighted by Crippen LogP contribution is -3.00. The summed E-state index contributed by atoms with van der Waals surface area (Å²) >= 11 is 0. The highest BCUT2D eigenvalue weighted by molar-refractivity contribution is 8.93. The zero-order valence-electron chi connectivity index (χ0n) is 15.5. The molecule has 0 amide bonds. The lowest BCUT2D eigenvalue weighted by molar-refractivity contribution is -0.870. The highest BCUT2D eigenvalue weighted by atomic mass is 79.9. The second kappa shape index (κ2) is 9.00. The lowest BCUT2D eigenvalue weighted by atomic mass is 9.49. The van der Waals surface area contributed by atoms with Crippen LogP contribution >= 0.6 is 17.0 Å². The van der Waals surface area contributed by atoms with E-state index in [4.69, 9.17) is 0 Å². The smallest absolute Gasteiger partial charge is 0.0780 e. The van der Waals surface area contributed by atoms with E-state index in [1.165, 1.54) is 38.9 Å². The predicted octanol–water partition coefficient (Wildman–Crippen LogP) is 1.25. The van der Waals surface area contributed by atoms with E-state index >= 15 is 0 Å². The molecule has 0 aromatic rings. The van der Waals surface area contributed by atoms with Gasteiger partial charge in [0.25, 0.3) is 0 Å². The Hall–Kier alpha value is 0.880. The Bertz CT molecular complexity index is 316. The second-order valence-electron chi connectivity index (χ2n) is 9.67. The molecule has 0 spiro atoms. The third kappa shape index (κ3) is 6.27. The molecule has 4 bridgehead atoms. The number of nitrogens with zero attached hydrogens (tertiary/aromatic N) is 1. The van der Waals surface area contributed by atoms with Crippen molar-refractivity contribution in [1.29, 1.82) is 0 Å². The molecular formula is C19H38Br2N2. The van der Waals surface area contributed by atoms with E-state index in [1.807, 2.05) is 0 Å². The van der Waals surface area contributed by atoms with Crippen molar-refractivity contribution in [2.45, 2.75) is 57.8 Å². The second-order valence-corrected chi connectivity index (χ2v) is 9.67. The van der Waals surface area contributed by atoms with Crippen LogP contribution in [0, 0.1) is 23.2 Å². The fourth-order valence-electron chi connectivity index (χ4n) is 5.87. The number of nitrogens with one attached hydrogen (secondary N) is 1. The molecule has 2 nitrogen and oxygen atoms in total. The molecule has 4 aliphatic carbocycles. The number of hydrogen-bond acceptors (Lipinski definition) is 1. The van der Waals surface area contributed by atoms with Crippen LogP contribution in [0.5, 0.6) is 0 Å². The molecule has 23 heavy (non-hydrogen) atoms. The van der Waals surface area contributed by atoms with E-state index < -0.39 is 0 Å². The van der Waals surface area contributed by atoms with Gasteiger partial charge in [-0.3, -0.25) is 0 Å². The predicted molar refractivity (Wildman–Crippen MR) is 101 cm³/mol. The van der Waals surface area contributed by atoms with Crippen LogP contribution in [0.25, 0.3) is 0 Å². The first-order valence-corrected chi connectivity index (χ1v) is 9.45. The molecule has 4 saturated carbocycles. The summed E-state index contributed by atoms with van der Waals surface area (Å²) in [6.45, 7) is 3.89. The van der Waals surface area contributed by atoms with Gasteiger partial charge in [-0.1, -0.05) is 0 Å². The normalized spacial score (nSPS) is 34.8.